The first-order valence-corrected chi connectivity index (χ1v) is 14.5. The number of anilines is 2. The number of nitrogens with zero attached hydrogens (tertiary/aromatic N) is 4. The first-order valence-electron chi connectivity index (χ1n) is 13.3. The van der Waals surface area contributed by atoms with E-state index in [0.29, 0.717) is 16.5 Å². The molecule has 0 saturated carbocycles. The van der Waals surface area contributed by atoms with Gasteiger partial charge in [-0.25, -0.2) is 4.98 Å². The summed E-state index contributed by atoms with van der Waals surface area (Å²) in [6.07, 6.45) is 3.83. The number of hydrogen-bond acceptors (Lipinski definition) is 6. The number of amides is 1. The van der Waals surface area contributed by atoms with Crippen LogP contribution in [0.5, 0.6) is 5.75 Å². The Hall–Kier alpha value is -4.28. The van der Waals surface area contributed by atoms with E-state index >= 15 is 0 Å². The normalized spacial score (nSPS) is 17.1. The van der Waals surface area contributed by atoms with Crippen molar-refractivity contribution >= 4 is 56.2 Å². The first kappa shape index (κ1) is 26.9. The smallest absolute Gasteiger partial charge is 0.229 e. The van der Waals surface area contributed by atoms with Crippen LogP contribution in [0.1, 0.15) is 44.2 Å². The minimum Gasteiger partial charge on any atom is -0.494 e. The van der Waals surface area contributed by atoms with E-state index in [9.17, 15) is 4.79 Å². The van der Waals surface area contributed by atoms with Crippen LogP contribution in [-0.4, -0.2) is 32.7 Å². The number of carbonyl (C=O) groups excluding carboxylic acids is 1. The fraction of sp³-hybridized carbons (Fsp3) is 0.226. The van der Waals surface area contributed by atoms with Crippen molar-refractivity contribution in [3.63, 3.8) is 0 Å². The third-order valence-electron chi connectivity index (χ3n) is 7.06. The summed E-state index contributed by atoms with van der Waals surface area (Å²) < 4.78 is 8.98. The van der Waals surface area contributed by atoms with E-state index in [1.807, 2.05) is 87.6 Å². The summed E-state index contributed by atoms with van der Waals surface area (Å²) in [5.74, 6) is 0.452. The lowest BCUT2D eigenvalue weighted by atomic mass is 9.95. The van der Waals surface area contributed by atoms with Gasteiger partial charge in [-0.05, 0) is 60.7 Å². The summed E-state index contributed by atoms with van der Waals surface area (Å²) in [5.41, 5.74) is 3.73. The summed E-state index contributed by atoms with van der Waals surface area (Å²) in [4.78, 5) is 24.4. The van der Waals surface area contributed by atoms with E-state index in [4.69, 9.17) is 21.9 Å². The number of para-hydroxylation sites is 1. The SMILES string of the molecule is COc1cc(N2C(=S)N[C@H](c3ccccn3)[C@H]2c2cccn2-c2nc3ccccc3s2)ccc1NC(=O)C(C)(C)C. The Morgan fingerprint density at radius 1 is 1.07 bits per heavy atom. The lowest BCUT2D eigenvalue weighted by Gasteiger charge is -2.29. The second kappa shape index (κ2) is 10.6. The highest BCUT2D eigenvalue weighted by Crippen LogP contribution is 2.44. The molecule has 41 heavy (non-hydrogen) atoms. The zero-order valence-corrected chi connectivity index (χ0v) is 24.8. The molecule has 10 heteroatoms. The third kappa shape index (κ3) is 5.05. The molecule has 2 N–H and O–H groups in total. The van der Waals surface area contributed by atoms with Crippen molar-refractivity contribution < 1.29 is 9.53 Å². The molecule has 1 aliphatic heterocycles. The number of methoxy groups -OCH3 is 1. The van der Waals surface area contributed by atoms with E-state index < -0.39 is 5.41 Å². The highest BCUT2D eigenvalue weighted by Gasteiger charge is 2.42. The number of thiocarbonyl (C=S) groups is 1. The number of rotatable bonds is 6. The summed E-state index contributed by atoms with van der Waals surface area (Å²) in [5, 5.41) is 7.96. The Morgan fingerprint density at radius 2 is 1.88 bits per heavy atom. The Morgan fingerprint density at radius 3 is 2.61 bits per heavy atom. The minimum absolute atomic E-state index is 0.0938. The van der Waals surface area contributed by atoms with Crippen molar-refractivity contribution in [3.8, 4) is 10.9 Å². The van der Waals surface area contributed by atoms with Crippen molar-refractivity contribution in [2.45, 2.75) is 32.9 Å². The van der Waals surface area contributed by atoms with E-state index in [1.54, 1.807) is 24.6 Å². The Kier molecular flexibility index (Phi) is 6.96. The topological polar surface area (TPSA) is 84.3 Å². The Balaban J connectivity index is 1.45. The van der Waals surface area contributed by atoms with Crippen molar-refractivity contribution in [1.82, 2.24) is 19.9 Å². The van der Waals surface area contributed by atoms with Gasteiger partial charge in [-0.3, -0.25) is 14.3 Å². The second-order valence-corrected chi connectivity index (χ2v) is 12.2. The molecule has 0 radical (unpaired) electrons. The number of benzene rings is 2. The summed E-state index contributed by atoms with van der Waals surface area (Å²) >= 11 is 7.59. The van der Waals surface area contributed by atoms with Crippen molar-refractivity contribution in [2.24, 2.45) is 5.41 Å². The molecule has 1 fully saturated rings. The van der Waals surface area contributed by atoms with Gasteiger partial charge in [0.25, 0.3) is 0 Å². The molecule has 0 aliphatic carbocycles. The van der Waals surface area contributed by atoms with Crippen LogP contribution in [0.3, 0.4) is 0 Å². The molecule has 1 amide bonds. The van der Waals surface area contributed by atoms with Gasteiger partial charge in [-0.1, -0.05) is 50.3 Å². The standard InChI is InChI=1S/C31H30N6O2S2/c1-31(2,3)28(38)33-20-15-14-19(18-24(20)39-4)37-27(26(35-29(37)40)22-11-7-8-16-32-22)23-12-9-17-36(23)30-34-21-10-5-6-13-25(21)41-30/h5-18,26-27H,1-4H3,(H,33,38)(H,35,40)/t26-,27-/m1/s1. The highest BCUT2D eigenvalue weighted by atomic mass is 32.1. The molecule has 6 rings (SSSR count). The van der Waals surface area contributed by atoms with Crippen LogP contribution in [0, 0.1) is 5.41 Å². The number of pyridine rings is 1. The molecule has 3 aromatic heterocycles. The molecule has 1 saturated heterocycles. The zero-order chi connectivity index (χ0) is 28.7. The van der Waals surface area contributed by atoms with Crippen LogP contribution in [-0.2, 0) is 4.79 Å². The van der Waals surface area contributed by atoms with Gasteiger partial charge in [0.15, 0.2) is 10.2 Å². The van der Waals surface area contributed by atoms with Gasteiger partial charge < -0.3 is 20.3 Å². The molecule has 2 atom stereocenters. The average Bonchev–Trinajstić information content (AvgIpc) is 3.69. The number of thiazole rings is 1. The lowest BCUT2D eigenvalue weighted by molar-refractivity contribution is -0.123. The van der Waals surface area contributed by atoms with Crippen LogP contribution in [0.2, 0.25) is 0 Å². The largest absolute Gasteiger partial charge is 0.494 e. The van der Waals surface area contributed by atoms with Crippen LogP contribution < -0.4 is 20.3 Å². The Bertz CT molecular complexity index is 1710. The van der Waals surface area contributed by atoms with E-state index in [1.165, 1.54) is 0 Å². The zero-order valence-electron chi connectivity index (χ0n) is 23.2. The molecule has 0 spiro atoms. The maximum Gasteiger partial charge on any atom is 0.229 e. The summed E-state index contributed by atoms with van der Waals surface area (Å²) in [6.45, 7) is 5.63. The van der Waals surface area contributed by atoms with E-state index in [-0.39, 0.29) is 18.0 Å². The molecule has 2 aromatic carbocycles. The van der Waals surface area contributed by atoms with Crippen LogP contribution >= 0.6 is 23.6 Å². The molecule has 8 nitrogen and oxygen atoms in total. The van der Waals surface area contributed by atoms with Crippen LogP contribution in [0.15, 0.2) is 85.2 Å². The fourth-order valence-corrected chi connectivity index (χ4v) is 6.26. The number of aromatic nitrogens is 3. The number of ether oxygens (including phenoxy) is 1. The quantitative estimate of drug-likeness (QED) is 0.217. The number of fused-ring (bicyclic) bond motifs is 1. The van der Waals surface area contributed by atoms with Gasteiger partial charge in [0.1, 0.15) is 11.8 Å². The molecular weight excluding hydrogens is 553 g/mol. The van der Waals surface area contributed by atoms with Crippen molar-refractivity contribution in [3.05, 3.63) is 96.6 Å². The van der Waals surface area contributed by atoms with E-state index in [0.717, 1.165) is 32.4 Å². The van der Waals surface area contributed by atoms with Crippen molar-refractivity contribution in [1.29, 1.82) is 0 Å². The van der Waals surface area contributed by atoms with Crippen LogP contribution in [0.4, 0.5) is 11.4 Å². The fourth-order valence-electron chi connectivity index (χ4n) is 4.95. The van der Waals surface area contributed by atoms with Gasteiger partial charge in [-0.2, -0.15) is 0 Å². The van der Waals surface area contributed by atoms with Gasteiger partial charge in [0.2, 0.25) is 5.91 Å². The maximum atomic E-state index is 12.7. The first-order chi connectivity index (χ1) is 19.7. The summed E-state index contributed by atoms with van der Waals surface area (Å²) in [7, 11) is 1.60. The molecule has 4 heterocycles. The molecule has 0 unspecified atom stereocenters. The predicted octanol–water partition coefficient (Wildman–Crippen LogP) is 6.65. The molecule has 5 aromatic rings. The number of hydrogen-bond donors (Lipinski definition) is 2. The molecule has 0 bridgehead atoms. The van der Waals surface area contributed by atoms with E-state index in [2.05, 4.69) is 37.2 Å². The number of carbonyl (C=O) groups is 1. The summed E-state index contributed by atoms with van der Waals surface area (Å²) in [6, 6.07) is 23.4. The van der Waals surface area contributed by atoms with Gasteiger partial charge in [0, 0.05) is 29.6 Å². The van der Waals surface area contributed by atoms with Crippen molar-refractivity contribution in [2.75, 3.05) is 17.3 Å². The third-order valence-corrected chi connectivity index (χ3v) is 8.41. The van der Waals surface area contributed by atoms with Gasteiger partial charge in [-0.15, -0.1) is 0 Å². The van der Waals surface area contributed by atoms with Crippen LogP contribution in [0.25, 0.3) is 15.3 Å². The Labute approximate surface area is 248 Å². The molecule has 208 valence electrons. The number of nitrogens with one attached hydrogen (secondary N) is 2. The maximum absolute atomic E-state index is 12.7. The molecular formula is C31H30N6O2S2. The molecule has 1 aliphatic rings. The predicted molar refractivity (Wildman–Crippen MR) is 168 cm³/mol. The van der Waals surface area contributed by atoms with Gasteiger partial charge >= 0.3 is 0 Å². The second-order valence-electron chi connectivity index (χ2n) is 10.9. The minimum atomic E-state index is -0.544. The van der Waals surface area contributed by atoms with Gasteiger partial charge in [0.05, 0.1) is 40.4 Å². The average molecular weight is 583 g/mol. The monoisotopic (exact) mass is 582 g/mol. The highest BCUT2D eigenvalue weighted by molar-refractivity contribution is 7.80. The lowest BCUT2D eigenvalue weighted by Crippen LogP contribution is -2.30.